The molecule has 204 valence electrons. The van der Waals surface area contributed by atoms with Gasteiger partial charge in [-0.1, -0.05) is 75.4 Å². The molecule has 1 heterocycles. The summed E-state index contributed by atoms with van der Waals surface area (Å²) in [6.45, 7) is 6.90. The van der Waals surface area contributed by atoms with Crippen LogP contribution in [0, 0.1) is 0 Å². The first kappa shape index (κ1) is 27.9. The van der Waals surface area contributed by atoms with E-state index in [-0.39, 0.29) is 0 Å². The first-order valence-electron chi connectivity index (χ1n) is 13.1. The summed E-state index contributed by atoms with van der Waals surface area (Å²) in [6, 6.07) is 21.4. The van der Waals surface area contributed by atoms with Crippen molar-refractivity contribution < 1.29 is 23.9 Å². The summed E-state index contributed by atoms with van der Waals surface area (Å²) in [5.74, 6) is -0.385. The molecular weight excluding hydrogens is 494 g/mol. The molecule has 4 rings (SSSR count). The minimum Gasteiger partial charge on any atom is -0.491 e. The van der Waals surface area contributed by atoms with Gasteiger partial charge in [0.25, 0.3) is 5.91 Å². The number of amides is 4. The molecular formula is C31H35N3O5. The van der Waals surface area contributed by atoms with Crippen LogP contribution < -0.4 is 15.4 Å². The monoisotopic (exact) mass is 529 g/mol. The Kier molecular flexibility index (Phi) is 8.99. The standard InChI is InChI=1S/C31H35N3O5/c1-20(2)22-10-14-25(15-11-22)32-29(35)28(21(3)23-8-6-5-7-9-23)34-30(36)27(33-31(34)37)24-12-16-26(17-13-24)39-19-18-38-4/h5-17,20-21,27-28H,18-19H2,1-4H3,(H,32,35)(H,33,37)/t21-,27+,28?/m0/s1. The summed E-state index contributed by atoms with van der Waals surface area (Å²) >= 11 is 0. The van der Waals surface area contributed by atoms with Crippen molar-refractivity contribution >= 4 is 23.5 Å². The molecule has 0 saturated carbocycles. The first-order chi connectivity index (χ1) is 18.8. The van der Waals surface area contributed by atoms with Crippen LogP contribution in [0.25, 0.3) is 0 Å². The van der Waals surface area contributed by atoms with E-state index >= 15 is 0 Å². The summed E-state index contributed by atoms with van der Waals surface area (Å²) in [5, 5.41) is 5.69. The molecule has 1 aliphatic rings. The average molecular weight is 530 g/mol. The molecule has 0 bridgehead atoms. The van der Waals surface area contributed by atoms with E-state index < -0.39 is 35.8 Å². The lowest BCUT2D eigenvalue weighted by Crippen LogP contribution is -2.50. The lowest BCUT2D eigenvalue weighted by atomic mass is 9.91. The van der Waals surface area contributed by atoms with E-state index in [1.807, 2.05) is 61.5 Å². The van der Waals surface area contributed by atoms with E-state index in [0.717, 1.165) is 16.0 Å². The van der Waals surface area contributed by atoms with Gasteiger partial charge in [-0.05, 0) is 46.9 Å². The summed E-state index contributed by atoms with van der Waals surface area (Å²) in [5.41, 5.74) is 3.19. The quantitative estimate of drug-likeness (QED) is 0.262. The molecule has 39 heavy (non-hydrogen) atoms. The Morgan fingerprint density at radius 2 is 1.56 bits per heavy atom. The van der Waals surface area contributed by atoms with Gasteiger partial charge in [0.2, 0.25) is 5.91 Å². The van der Waals surface area contributed by atoms with E-state index in [1.54, 1.807) is 31.4 Å². The fraction of sp³-hybridized carbons (Fsp3) is 0.323. The SMILES string of the molecule is COCCOc1ccc([C@H]2NC(=O)N(C(C(=O)Nc3ccc(C(C)C)cc3)[C@@H](C)c3ccccc3)C2=O)cc1. The number of nitrogens with one attached hydrogen (secondary N) is 2. The van der Waals surface area contributed by atoms with Crippen molar-refractivity contribution in [3.05, 3.63) is 95.6 Å². The highest BCUT2D eigenvalue weighted by Crippen LogP contribution is 2.31. The largest absolute Gasteiger partial charge is 0.491 e. The molecule has 8 nitrogen and oxygen atoms in total. The van der Waals surface area contributed by atoms with Crippen LogP contribution in [0.2, 0.25) is 0 Å². The molecule has 0 aromatic heterocycles. The number of carbonyl (C=O) groups is 3. The van der Waals surface area contributed by atoms with E-state index in [2.05, 4.69) is 24.5 Å². The van der Waals surface area contributed by atoms with Crippen molar-refractivity contribution in [3.8, 4) is 5.75 Å². The molecule has 1 unspecified atom stereocenters. The zero-order valence-corrected chi connectivity index (χ0v) is 22.7. The van der Waals surface area contributed by atoms with Gasteiger partial charge in [0.05, 0.1) is 6.61 Å². The smallest absolute Gasteiger partial charge is 0.325 e. The van der Waals surface area contributed by atoms with Gasteiger partial charge in [-0.15, -0.1) is 0 Å². The van der Waals surface area contributed by atoms with Crippen molar-refractivity contribution in [1.82, 2.24) is 10.2 Å². The lowest BCUT2D eigenvalue weighted by molar-refractivity contribution is -0.134. The molecule has 1 aliphatic heterocycles. The van der Waals surface area contributed by atoms with E-state index in [0.29, 0.717) is 36.1 Å². The van der Waals surface area contributed by atoms with Crippen LogP contribution >= 0.6 is 0 Å². The number of hydrogen-bond acceptors (Lipinski definition) is 5. The topological polar surface area (TPSA) is 97.0 Å². The molecule has 3 aromatic rings. The molecule has 3 atom stereocenters. The van der Waals surface area contributed by atoms with Crippen LogP contribution in [-0.4, -0.2) is 49.1 Å². The van der Waals surface area contributed by atoms with Crippen LogP contribution in [-0.2, 0) is 14.3 Å². The number of imide groups is 1. The Balaban J connectivity index is 1.59. The third kappa shape index (κ3) is 6.46. The minimum atomic E-state index is -1.06. The Bertz CT molecular complexity index is 1280. The summed E-state index contributed by atoms with van der Waals surface area (Å²) < 4.78 is 10.6. The Morgan fingerprint density at radius 1 is 0.897 bits per heavy atom. The number of methoxy groups -OCH3 is 1. The van der Waals surface area contributed by atoms with Crippen LogP contribution in [0.3, 0.4) is 0 Å². The van der Waals surface area contributed by atoms with Gasteiger partial charge in [-0.2, -0.15) is 0 Å². The van der Waals surface area contributed by atoms with Gasteiger partial charge < -0.3 is 20.1 Å². The molecule has 1 saturated heterocycles. The van der Waals surface area contributed by atoms with Crippen LogP contribution in [0.4, 0.5) is 10.5 Å². The molecule has 2 N–H and O–H groups in total. The molecule has 4 amide bonds. The number of ether oxygens (including phenoxy) is 2. The van der Waals surface area contributed by atoms with Crippen molar-refractivity contribution in [2.45, 2.75) is 44.7 Å². The number of urea groups is 1. The van der Waals surface area contributed by atoms with Gasteiger partial charge in [0.15, 0.2) is 0 Å². The van der Waals surface area contributed by atoms with Crippen molar-refractivity contribution in [2.24, 2.45) is 0 Å². The van der Waals surface area contributed by atoms with E-state index in [1.165, 1.54) is 0 Å². The number of rotatable bonds is 11. The minimum absolute atomic E-state index is 0.356. The fourth-order valence-corrected chi connectivity index (χ4v) is 4.66. The molecule has 3 aromatic carbocycles. The highest BCUT2D eigenvalue weighted by Gasteiger charge is 2.47. The first-order valence-corrected chi connectivity index (χ1v) is 13.1. The molecule has 0 aliphatic carbocycles. The fourth-order valence-electron chi connectivity index (χ4n) is 4.66. The Morgan fingerprint density at radius 3 is 2.18 bits per heavy atom. The maximum atomic E-state index is 13.7. The number of nitrogens with zero attached hydrogens (tertiary/aromatic N) is 1. The third-order valence-electron chi connectivity index (χ3n) is 6.93. The van der Waals surface area contributed by atoms with Crippen molar-refractivity contribution in [1.29, 1.82) is 0 Å². The predicted molar refractivity (Wildman–Crippen MR) is 150 cm³/mol. The van der Waals surface area contributed by atoms with Crippen molar-refractivity contribution in [2.75, 3.05) is 25.6 Å². The second kappa shape index (κ2) is 12.6. The van der Waals surface area contributed by atoms with Crippen molar-refractivity contribution in [3.63, 3.8) is 0 Å². The molecule has 8 heteroatoms. The van der Waals surface area contributed by atoms with Crippen LogP contribution in [0.1, 0.15) is 55.3 Å². The summed E-state index contributed by atoms with van der Waals surface area (Å²) in [6.07, 6.45) is 0. The van der Waals surface area contributed by atoms with Gasteiger partial charge in [0, 0.05) is 18.7 Å². The van der Waals surface area contributed by atoms with Gasteiger partial charge in [-0.25, -0.2) is 9.69 Å². The second-order valence-electron chi connectivity index (χ2n) is 9.91. The zero-order valence-electron chi connectivity index (χ0n) is 22.7. The summed E-state index contributed by atoms with van der Waals surface area (Å²) in [4.78, 5) is 41.7. The Hall–Kier alpha value is -4.17. The normalized spacial score (nSPS) is 16.6. The lowest BCUT2D eigenvalue weighted by Gasteiger charge is -2.30. The van der Waals surface area contributed by atoms with E-state index in [4.69, 9.17) is 9.47 Å². The predicted octanol–water partition coefficient (Wildman–Crippen LogP) is 5.24. The average Bonchev–Trinajstić information content (AvgIpc) is 3.23. The van der Waals surface area contributed by atoms with Crippen LogP contribution in [0.5, 0.6) is 5.75 Å². The van der Waals surface area contributed by atoms with Gasteiger partial charge >= 0.3 is 6.03 Å². The van der Waals surface area contributed by atoms with Gasteiger partial charge in [0.1, 0.15) is 24.4 Å². The number of anilines is 1. The maximum Gasteiger partial charge on any atom is 0.325 e. The molecule has 1 fully saturated rings. The van der Waals surface area contributed by atoms with E-state index in [9.17, 15) is 14.4 Å². The second-order valence-corrected chi connectivity index (χ2v) is 9.91. The summed E-state index contributed by atoms with van der Waals surface area (Å²) in [7, 11) is 1.60. The number of carbonyl (C=O) groups excluding carboxylic acids is 3. The zero-order chi connectivity index (χ0) is 27.9. The Labute approximate surface area is 229 Å². The highest BCUT2D eigenvalue weighted by atomic mass is 16.5. The highest BCUT2D eigenvalue weighted by molar-refractivity contribution is 6.09. The maximum absolute atomic E-state index is 13.7. The number of benzene rings is 3. The van der Waals surface area contributed by atoms with Crippen LogP contribution in [0.15, 0.2) is 78.9 Å². The molecule has 0 spiro atoms. The van der Waals surface area contributed by atoms with Gasteiger partial charge in [-0.3, -0.25) is 9.59 Å². The molecule has 0 radical (unpaired) electrons. The number of hydrogen-bond donors (Lipinski definition) is 2. The third-order valence-corrected chi connectivity index (χ3v) is 6.93.